The van der Waals surface area contributed by atoms with Gasteiger partial charge in [0.1, 0.15) is 0 Å². The maximum Gasteiger partial charge on any atom is 0.307 e. The van der Waals surface area contributed by atoms with Crippen molar-refractivity contribution < 1.29 is 9.90 Å². The number of carbonyl (C=O) groups is 1. The van der Waals surface area contributed by atoms with Gasteiger partial charge in [-0.25, -0.2) is 0 Å². The molecule has 0 amide bonds. The first kappa shape index (κ1) is 18.4. The Bertz CT molecular complexity index is 723. The second-order valence-electron chi connectivity index (χ2n) is 6.49. The lowest BCUT2D eigenvalue weighted by molar-refractivity contribution is -0.143. The molecular formula is C19H23BrN2O2S. The lowest BCUT2D eigenvalue weighted by atomic mass is 9.98. The smallest absolute Gasteiger partial charge is 0.307 e. The van der Waals surface area contributed by atoms with Crippen molar-refractivity contribution in [3.8, 4) is 0 Å². The number of carboxylic acid groups (broad SMARTS) is 1. The van der Waals surface area contributed by atoms with E-state index in [4.69, 9.17) is 0 Å². The number of carboxylic acids is 1. The summed E-state index contributed by atoms with van der Waals surface area (Å²) in [4.78, 5) is 14.7. The van der Waals surface area contributed by atoms with E-state index in [-0.39, 0.29) is 5.92 Å². The van der Waals surface area contributed by atoms with Crippen LogP contribution in [0.5, 0.6) is 0 Å². The number of nitrogens with zero attached hydrogens (tertiary/aromatic N) is 2. The van der Waals surface area contributed by atoms with Crippen LogP contribution in [0.2, 0.25) is 0 Å². The lowest BCUT2D eigenvalue weighted by Crippen LogP contribution is -2.39. The van der Waals surface area contributed by atoms with Gasteiger partial charge in [-0.2, -0.15) is 0 Å². The number of thiophene rings is 1. The molecule has 0 saturated carbocycles. The van der Waals surface area contributed by atoms with Crippen LogP contribution in [0, 0.1) is 5.92 Å². The Morgan fingerprint density at radius 1 is 1.48 bits per heavy atom. The zero-order valence-electron chi connectivity index (χ0n) is 14.3. The summed E-state index contributed by atoms with van der Waals surface area (Å²) in [7, 11) is 2.06. The Kier molecular flexibility index (Phi) is 6.15. The van der Waals surface area contributed by atoms with Gasteiger partial charge in [-0.15, -0.1) is 11.3 Å². The molecule has 4 nitrogen and oxygen atoms in total. The number of piperidine rings is 1. The van der Waals surface area contributed by atoms with E-state index in [1.165, 1.54) is 16.1 Å². The molecule has 0 aliphatic carbocycles. The third-order valence-corrected chi connectivity index (χ3v) is 6.60. The first-order chi connectivity index (χ1) is 12.1. The predicted octanol–water partition coefficient (Wildman–Crippen LogP) is 4.47. The molecule has 1 aliphatic heterocycles. The minimum atomic E-state index is -0.660. The topological polar surface area (TPSA) is 45.5 Å². The van der Waals surface area contributed by atoms with Gasteiger partial charge in [-0.1, -0.05) is 6.08 Å². The number of likely N-dealkylation sites (tertiary alicyclic amines) is 1. The first-order valence-corrected chi connectivity index (χ1v) is 10.2. The van der Waals surface area contributed by atoms with Crippen molar-refractivity contribution in [1.29, 1.82) is 0 Å². The SMILES string of the molecule is Cn1cccc1C(=CCCN1CCCC(C(=O)O)C1)c1sccc1Br. The van der Waals surface area contributed by atoms with Gasteiger partial charge in [0, 0.05) is 42.1 Å². The van der Waals surface area contributed by atoms with Crippen molar-refractivity contribution >= 4 is 38.8 Å². The van der Waals surface area contributed by atoms with Crippen LogP contribution in [0.1, 0.15) is 29.8 Å². The van der Waals surface area contributed by atoms with E-state index in [1.54, 1.807) is 11.3 Å². The maximum atomic E-state index is 11.2. The summed E-state index contributed by atoms with van der Waals surface area (Å²) < 4.78 is 3.26. The summed E-state index contributed by atoms with van der Waals surface area (Å²) in [6.45, 7) is 2.58. The largest absolute Gasteiger partial charge is 0.481 e. The van der Waals surface area contributed by atoms with E-state index in [0.717, 1.165) is 36.8 Å². The van der Waals surface area contributed by atoms with Crippen LogP contribution >= 0.6 is 27.3 Å². The fraction of sp³-hybridized carbons (Fsp3) is 0.421. The highest BCUT2D eigenvalue weighted by Gasteiger charge is 2.24. The third-order valence-electron chi connectivity index (χ3n) is 4.73. The van der Waals surface area contributed by atoms with E-state index < -0.39 is 5.97 Å². The molecule has 1 fully saturated rings. The van der Waals surface area contributed by atoms with E-state index in [2.05, 4.69) is 68.3 Å². The van der Waals surface area contributed by atoms with Crippen molar-refractivity contribution in [3.05, 3.63) is 50.9 Å². The summed E-state index contributed by atoms with van der Waals surface area (Å²) in [6.07, 6.45) is 7.04. The van der Waals surface area contributed by atoms with Crippen LogP contribution in [0.15, 0.2) is 40.3 Å². The Hall–Kier alpha value is -1.37. The average Bonchev–Trinajstić information content (AvgIpc) is 3.21. The molecule has 0 aromatic carbocycles. The fourth-order valence-corrected chi connectivity index (χ4v) is 5.03. The van der Waals surface area contributed by atoms with Crippen LogP contribution in [0.4, 0.5) is 0 Å². The van der Waals surface area contributed by atoms with Crippen molar-refractivity contribution in [3.63, 3.8) is 0 Å². The normalized spacial score (nSPS) is 19.3. The molecule has 0 radical (unpaired) electrons. The highest BCUT2D eigenvalue weighted by Crippen LogP contribution is 2.34. The van der Waals surface area contributed by atoms with Gasteiger partial charge in [0.05, 0.1) is 10.8 Å². The monoisotopic (exact) mass is 422 g/mol. The molecule has 1 N–H and O–H groups in total. The summed E-state index contributed by atoms with van der Waals surface area (Å²) in [6, 6.07) is 6.28. The van der Waals surface area contributed by atoms with Gasteiger partial charge in [0.15, 0.2) is 0 Å². The van der Waals surface area contributed by atoms with Gasteiger partial charge in [-0.05, 0) is 65.3 Å². The summed E-state index contributed by atoms with van der Waals surface area (Å²) >= 11 is 5.39. The van der Waals surface area contributed by atoms with Crippen LogP contribution in [-0.4, -0.2) is 40.2 Å². The van der Waals surface area contributed by atoms with Crippen LogP contribution in [0.25, 0.3) is 5.57 Å². The quantitative estimate of drug-likeness (QED) is 0.746. The van der Waals surface area contributed by atoms with Crippen LogP contribution < -0.4 is 0 Å². The number of aryl methyl sites for hydroxylation is 1. The molecule has 3 rings (SSSR count). The van der Waals surface area contributed by atoms with Gasteiger partial charge in [-0.3, -0.25) is 4.79 Å². The highest BCUT2D eigenvalue weighted by molar-refractivity contribution is 9.10. The molecule has 1 aliphatic rings. The van der Waals surface area contributed by atoms with Crippen LogP contribution in [0.3, 0.4) is 0 Å². The molecule has 0 bridgehead atoms. The predicted molar refractivity (Wildman–Crippen MR) is 106 cm³/mol. The van der Waals surface area contributed by atoms with Gasteiger partial charge in [0.25, 0.3) is 0 Å². The Balaban J connectivity index is 1.73. The minimum Gasteiger partial charge on any atom is -0.481 e. The summed E-state index contributed by atoms with van der Waals surface area (Å²) in [5, 5.41) is 11.3. The summed E-state index contributed by atoms with van der Waals surface area (Å²) in [5.74, 6) is -0.872. The van der Waals surface area contributed by atoms with Crippen molar-refractivity contribution in [2.75, 3.05) is 19.6 Å². The van der Waals surface area contributed by atoms with Gasteiger partial charge < -0.3 is 14.6 Å². The number of halogens is 1. The van der Waals surface area contributed by atoms with Gasteiger partial charge in [0.2, 0.25) is 0 Å². The molecule has 25 heavy (non-hydrogen) atoms. The molecular weight excluding hydrogens is 400 g/mol. The van der Waals surface area contributed by atoms with Gasteiger partial charge >= 0.3 is 5.97 Å². The number of hydrogen-bond donors (Lipinski definition) is 1. The van der Waals surface area contributed by atoms with E-state index >= 15 is 0 Å². The molecule has 2 aromatic rings. The molecule has 2 aromatic heterocycles. The Morgan fingerprint density at radius 2 is 2.32 bits per heavy atom. The zero-order valence-corrected chi connectivity index (χ0v) is 16.7. The number of rotatable bonds is 6. The van der Waals surface area contributed by atoms with E-state index in [1.807, 2.05) is 0 Å². The molecule has 1 saturated heterocycles. The third kappa shape index (κ3) is 4.43. The Labute approximate surface area is 160 Å². The van der Waals surface area contributed by atoms with Crippen molar-refractivity contribution in [1.82, 2.24) is 9.47 Å². The molecule has 134 valence electrons. The lowest BCUT2D eigenvalue weighted by Gasteiger charge is -2.30. The number of hydrogen-bond acceptors (Lipinski definition) is 3. The summed E-state index contributed by atoms with van der Waals surface area (Å²) in [5.41, 5.74) is 2.44. The maximum absolute atomic E-state index is 11.2. The van der Waals surface area contributed by atoms with Crippen molar-refractivity contribution in [2.24, 2.45) is 13.0 Å². The number of aromatic nitrogens is 1. The Morgan fingerprint density at radius 3 is 2.96 bits per heavy atom. The first-order valence-electron chi connectivity index (χ1n) is 8.56. The number of aliphatic carboxylic acids is 1. The standard InChI is InChI=1S/C19H23BrN2O2S/c1-21-9-4-7-17(21)15(18-16(20)8-12-25-18)6-3-11-22-10-2-5-14(13-22)19(23)24/h4,6-9,12,14H,2-3,5,10-11,13H2,1H3,(H,23,24). The van der Waals surface area contributed by atoms with Crippen LogP contribution in [-0.2, 0) is 11.8 Å². The molecule has 1 unspecified atom stereocenters. The molecule has 0 spiro atoms. The van der Waals surface area contributed by atoms with Crippen molar-refractivity contribution in [2.45, 2.75) is 19.3 Å². The minimum absolute atomic E-state index is 0.212. The second kappa shape index (κ2) is 8.34. The highest BCUT2D eigenvalue weighted by atomic mass is 79.9. The second-order valence-corrected chi connectivity index (χ2v) is 8.26. The fourth-order valence-electron chi connectivity index (χ4n) is 3.39. The zero-order chi connectivity index (χ0) is 17.8. The van der Waals surface area contributed by atoms with E-state index in [9.17, 15) is 9.90 Å². The average molecular weight is 423 g/mol. The molecule has 6 heteroatoms. The molecule has 3 heterocycles. The van der Waals surface area contributed by atoms with E-state index in [0.29, 0.717) is 6.54 Å². The molecule has 1 atom stereocenters.